The van der Waals surface area contributed by atoms with Crippen molar-refractivity contribution in [2.75, 3.05) is 5.43 Å². The van der Waals surface area contributed by atoms with Crippen LogP contribution in [-0.2, 0) is 0 Å². The van der Waals surface area contributed by atoms with Crippen molar-refractivity contribution < 1.29 is 22.4 Å². The monoisotopic (exact) mass is 238 g/mol. The summed E-state index contributed by atoms with van der Waals surface area (Å²) in [6.07, 6.45) is 0. The van der Waals surface area contributed by atoms with Gasteiger partial charge in [0.2, 0.25) is 0 Å². The van der Waals surface area contributed by atoms with Gasteiger partial charge < -0.3 is 18.4 Å². The normalized spacial score (nSPS) is 11.6. The van der Waals surface area contributed by atoms with Crippen LogP contribution in [0.15, 0.2) is 24.3 Å². The molecule has 88 valence electrons. The number of nitro groups is 1. The zero-order valence-corrected chi connectivity index (χ0v) is 7.61. The molecule has 0 aliphatic carbocycles. The number of hydrogen-bond donors (Lipinski definition) is 1. The van der Waals surface area contributed by atoms with E-state index >= 15 is 0 Å². The fourth-order valence-electron chi connectivity index (χ4n) is 0.916. The van der Waals surface area contributed by atoms with Crippen molar-refractivity contribution in [1.82, 2.24) is 5.14 Å². The Labute approximate surface area is 86.8 Å². The molecule has 1 aromatic rings. The van der Waals surface area contributed by atoms with Crippen LogP contribution in [0.1, 0.15) is 0 Å². The number of rotatable bonds is 4. The number of nitrogens with one attached hydrogen (secondary N) is 1. The van der Waals surface area contributed by atoms with Crippen LogP contribution in [-0.4, -0.2) is 17.2 Å². The molecule has 0 aliphatic rings. The van der Waals surface area contributed by atoms with Crippen molar-refractivity contribution in [3.63, 3.8) is 0 Å². The van der Waals surface area contributed by atoms with Crippen molar-refractivity contribution in [1.29, 1.82) is 0 Å². The molecule has 0 saturated heterocycles. The summed E-state index contributed by atoms with van der Waals surface area (Å²) < 4.78 is 48.0. The number of hydrazine groups is 1. The Morgan fingerprint density at radius 2 is 1.88 bits per heavy atom. The lowest BCUT2D eigenvalue weighted by Gasteiger charge is -2.24. The minimum absolute atomic E-state index is 0.575. The van der Waals surface area contributed by atoms with E-state index in [1.54, 1.807) is 0 Å². The van der Waals surface area contributed by atoms with E-state index in [1.165, 1.54) is 17.6 Å². The number of hydrogen-bond acceptors (Lipinski definition) is 4. The first-order chi connectivity index (χ1) is 7.32. The van der Waals surface area contributed by atoms with E-state index in [1.807, 2.05) is 0 Å². The molecule has 0 amide bonds. The highest BCUT2D eigenvalue weighted by atomic mass is 19.4. The maximum Gasteiger partial charge on any atom is 0.612 e. The summed E-state index contributed by atoms with van der Waals surface area (Å²) in [4.78, 5) is 9.48. The average Bonchev–Trinajstić information content (AvgIpc) is 2.16. The van der Waals surface area contributed by atoms with E-state index in [0.717, 1.165) is 12.1 Å². The molecule has 0 fully saturated rings. The minimum Gasteiger partial charge on any atom is -0.431 e. The maximum absolute atomic E-state index is 12.4. The number of nitrogens with zero attached hydrogens (tertiary/aromatic N) is 2. The number of anilines is 1. The molecule has 10 heteroatoms. The van der Waals surface area contributed by atoms with E-state index in [9.17, 15) is 27.5 Å². The summed E-state index contributed by atoms with van der Waals surface area (Å²) in [6.45, 7) is 0. The maximum atomic E-state index is 12.4. The van der Waals surface area contributed by atoms with Gasteiger partial charge in [0.25, 0.3) is 5.69 Å². The second-order valence-electron chi connectivity index (χ2n) is 2.74. The summed E-state index contributed by atoms with van der Waals surface area (Å²) >= 11 is 0. The molecule has 0 spiro atoms. The topological polar surface area (TPSA) is 58.4 Å². The first-order valence-corrected chi connectivity index (χ1v) is 3.97. The molecule has 0 heterocycles. The Morgan fingerprint density at radius 3 is 2.38 bits per heavy atom. The van der Waals surface area contributed by atoms with Gasteiger partial charge in [0.1, 0.15) is 5.69 Å². The molecule has 16 heavy (non-hydrogen) atoms. The van der Waals surface area contributed by atoms with E-state index in [0.29, 0.717) is 0 Å². The number of benzene rings is 1. The number of nitro benzene ring substituents is 1. The average molecular weight is 238 g/mol. The van der Waals surface area contributed by atoms with Crippen LogP contribution in [0.5, 0.6) is 0 Å². The van der Waals surface area contributed by atoms with Gasteiger partial charge >= 0.3 is 7.11 Å². The van der Waals surface area contributed by atoms with Crippen molar-refractivity contribution >= 4 is 18.5 Å². The van der Waals surface area contributed by atoms with Crippen LogP contribution < -0.4 is 5.43 Å². The van der Waals surface area contributed by atoms with Gasteiger partial charge in [0.15, 0.2) is 0 Å². The molecule has 1 aromatic carbocycles. The van der Waals surface area contributed by atoms with Crippen molar-refractivity contribution in [2.24, 2.45) is 0 Å². The third-order valence-corrected chi connectivity index (χ3v) is 1.59. The van der Waals surface area contributed by atoms with Gasteiger partial charge in [-0.1, -0.05) is 12.1 Å². The largest absolute Gasteiger partial charge is 0.612 e. The van der Waals surface area contributed by atoms with Gasteiger partial charge in [-0.25, -0.2) is 0 Å². The highest BCUT2D eigenvalue weighted by Crippen LogP contribution is 2.26. The second-order valence-corrected chi connectivity index (χ2v) is 2.74. The summed E-state index contributed by atoms with van der Waals surface area (Å²) in [6, 6.07) is 4.42. The van der Waals surface area contributed by atoms with Gasteiger partial charge in [-0.15, -0.1) is 5.14 Å². The second kappa shape index (κ2) is 4.35. The molecular formula is C6H5BF4N3O2-. The third-order valence-electron chi connectivity index (χ3n) is 1.59. The molecule has 0 bridgehead atoms. The fraction of sp³-hybridized carbons (Fsp3) is 0. The first kappa shape index (κ1) is 12.2. The molecule has 1 N–H and O–H groups in total. The minimum atomic E-state index is -5.90. The van der Waals surface area contributed by atoms with Gasteiger partial charge in [-0.3, -0.25) is 10.1 Å². The molecule has 0 saturated carbocycles. The zero-order valence-electron chi connectivity index (χ0n) is 7.61. The Morgan fingerprint density at radius 1 is 1.31 bits per heavy atom. The first-order valence-electron chi connectivity index (χ1n) is 3.97. The zero-order chi connectivity index (χ0) is 12.3. The predicted molar refractivity (Wildman–Crippen MR) is 48.7 cm³/mol. The van der Waals surface area contributed by atoms with Crippen LogP contribution >= 0.6 is 0 Å². The van der Waals surface area contributed by atoms with Crippen molar-refractivity contribution in [2.45, 2.75) is 0 Å². The quantitative estimate of drug-likeness (QED) is 0.287. The van der Waals surface area contributed by atoms with Crippen molar-refractivity contribution in [3.8, 4) is 0 Å². The summed E-state index contributed by atoms with van der Waals surface area (Å²) in [5.41, 5.74) is 0.0368. The Balaban J connectivity index is 2.93. The standard InChI is InChI=1S/C6H5BF4N3O2/c8-7(9,10)14(11)12-5-3-1-2-4-6(5)13(15)16/h1-4,12H/q-1. The number of halogens is 4. The predicted octanol–water partition coefficient (Wildman–Crippen LogP) is 2.45. The molecule has 1 rings (SSSR count). The smallest absolute Gasteiger partial charge is 0.431 e. The summed E-state index contributed by atoms with van der Waals surface area (Å²) in [5.74, 6) is 0. The Kier molecular flexibility index (Phi) is 3.33. The Hall–Kier alpha value is -1.84. The van der Waals surface area contributed by atoms with E-state index in [2.05, 4.69) is 0 Å². The van der Waals surface area contributed by atoms with E-state index < -0.39 is 28.6 Å². The molecule has 0 aromatic heterocycles. The molecular weight excluding hydrogens is 233 g/mol. The molecule has 5 nitrogen and oxygen atoms in total. The fourth-order valence-corrected chi connectivity index (χ4v) is 0.916. The molecule has 0 unspecified atom stereocenters. The van der Waals surface area contributed by atoms with Crippen LogP contribution in [0.3, 0.4) is 0 Å². The van der Waals surface area contributed by atoms with Crippen LogP contribution in [0.4, 0.5) is 28.8 Å². The summed E-state index contributed by atoms with van der Waals surface area (Å²) in [5, 5.41) is 8.81. The van der Waals surface area contributed by atoms with E-state index in [4.69, 9.17) is 0 Å². The van der Waals surface area contributed by atoms with Crippen LogP contribution in [0.2, 0.25) is 0 Å². The summed E-state index contributed by atoms with van der Waals surface area (Å²) in [7, 11) is -5.90. The molecule has 0 aliphatic heterocycles. The molecule has 0 radical (unpaired) electrons. The lowest BCUT2D eigenvalue weighted by molar-refractivity contribution is -0.384. The molecule has 0 atom stereocenters. The lowest BCUT2D eigenvalue weighted by atomic mass is 10.2. The lowest BCUT2D eigenvalue weighted by Crippen LogP contribution is -2.41. The van der Waals surface area contributed by atoms with Gasteiger partial charge in [0.05, 0.1) is 4.92 Å². The SMILES string of the molecule is O=[N+]([O-])c1ccccc1NN(F)[B-](F)(F)F. The highest BCUT2D eigenvalue weighted by molar-refractivity contribution is 6.55. The van der Waals surface area contributed by atoms with Gasteiger partial charge in [0, 0.05) is 6.07 Å². The van der Waals surface area contributed by atoms with Crippen LogP contribution in [0, 0.1) is 10.1 Å². The third kappa shape index (κ3) is 2.83. The van der Waals surface area contributed by atoms with Crippen molar-refractivity contribution in [3.05, 3.63) is 34.4 Å². The van der Waals surface area contributed by atoms with Gasteiger partial charge in [-0.05, 0) is 6.07 Å². The number of para-hydroxylation sites is 2. The van der Waals surface area contributed by atoms with Crippen LogP contribution in [0.25, 0.3) is 0 Å². The highest BCUT2D eigenvalue weighted by Gasteiger charge is 2.35. The van der Waals surface area contributed by atoms with E-state index in [-0.39, 0.29) is 0 Å². The Bertz CT molecular complexity index is 400. The van der Waals surface area contributed by atoms with Gasteiger partial charge in [-0.2, -0.15) is 4.48 Å².